The quantitative estimate of drug-likeness (QED) is 0.266. The van der Waals surface area contributed by atoms with Crippen molar-refractivity contribution in [1.29, 1.82) is 0 Å². The minimum atomic E-state index is -1.30. The summed E-state index contributed by atoms with van der Waals surface area (Å²) in [6.45, 7) is 0. The van der Waals surface area contributed by atoms with E-state index in [-0.39, 0.29) is 16.4 Å². The molecule has 4 aromatic rings. The molecule has 0 amide bonds. The standard InChI is InChI=1S/C22H15Cl3N4O2/c23-13-7-9-17-18(11-13)27-22(31)20(26-17)19(29-28-14-4-2-1-3-5-14)21(30)12-6-8-15(24)16(25)10-12/h1-11,21,28,30H,(H,27,31)/b29-19+. The maximum Gasteiger partial charge on any atom is 0.276 e. The molecule has 0 saturated carbocycles. The number of para-hydroxylation sites is 1. The van der Waals surface area contributed by atoms with E-state index >= 15 is 0 Å². The lowest BCUT2D eigenvalue weighted by atomic mass is 10.0. The molecular formula is C22H15Cl3N4O2. The van der Waals surface area contributed by atoms with Gasteiger partial charge in [-0.3, -0.25) is 10.2 Å². The molecule has 156 valence electrons. The minimum Gasteiger partial charge on any atom is -0.382 e. The van der Waals surface area contributed by atoms with E-state index in [1.54, 1.807) is 42.5 Å². The van der Waals surface area contributed by atoms with Crippen LogP contribution in [0.1, 0.15) is 17.4 Å². The lowest BCUT2D eigenvalue weighted by molar-refractivity contribution is 0.247. The molecule has 3 N–H and O–H groups in total. The Kier molecular flexibility index (Phi) is 6.25. The van der Waals surface area contributed by atoms with Gasteiger partial charge in [0.1, 0.15) is 11.8 Å². The van der Waals surface area contributed by atoms with E-state index in [1.165, 1.54) is 6.07 Å². The highest BCUT2D eigenvalue weighted by atomic mass is 35.5. The number of hydrogen-bond donors (Lipinski definition) is 3. The van der Waals surface area contributed by atoms with Crippen LogP contribution in [0.3, 0.4) is 0 Å². The molecule has 0 saturated heterocycles. The number of benzene rings is 3. The number of rotatable bonds is 5. The monoisotopic (exact) mass is 472 g/mol. The van der Waals surface area contributed by atoms with Crippen LogP contribution in [0.4, 0.5) is 5.69 Å². The van der Waals surface area contributed by atoms with Crippen LogP contribution < -0.4 is 11.0 Å². The van der Waals surface area contributed by atoms with Crippen molar-refractivity contribution in [2.45, 2.75) is 6.10 Å². The van der Waals surface area contributed by atoms with Crippen LogP contribution in [0.5, 0.6) is 0 Å². The van der Waals surface area contributed by atoms with Crippen LogP contribution in [0.2, 0.25) is 15.1 Å². The zero-order valence-corrected chi connectivity index (χ0v) is 18.1. The van der Waals surface area contributed by atoms with Gasteiger partial charge in [0.2, 0.25) is 0 Å². The number of aromatic nitrogens is 2. The molecule has 1 atom stereocenters. The zero-order chi connectivity index (χ0) is 22.0. The summed E-state index contributed by atoms with van der Waals surface area (Å²) in [5.74, 6) is 0. The van der Waals surface area contributed by atoms with Gasteiger partial charge in [0.25, 0.3) is 5.56 Å². The Morgan fingerprint density at radius 2 is 1.77 bits per heavy atom. The van der Waals surface area contributed by atoms with Gasteiger partial charge in [-0.05, 0) is 48.0 Å². The van der Waals surface area contributed by atoms with Crippen LogP contribution in [0, 0.1) is 0 Å². The molecular weight excluding hydrogens is 459 g/mol. The Morgan fingerprint density at radius 3 is 2.52 bits per heavy atom. The molecule has 0 fully saturated rings. The number of aliphatic hydroxyl groups excluding tert-OH is 1. The lowest BCUT2D eigenvalue weighted by Gasteiger charge is -2.15. The molecule has 4 rings (SSSR count). The maximum absolute atomic E-state index is 12.8. The first kappa shape index (κ1) is 21.3. The highest BCUT2D eigenvalue weighted by Crippen LogP contribution is 2.27. The molecule has 6 nitrogen and oxygen atoms in total. The van der Waals surface area contributed by atoms with Crippen molar-refractivity contribution in [3.63, 3.8) is 0 Å². The van der Waals surface area contributed by atoms with E-state index in [1.807, 2.05) is 18.2 Å². The Bertz CT molecular complexity index is 1340. The van der Waals surface area contributed by atoms with E-state index in [2.05, 4.69) is 20.5 Å². The van der Waals surface area contributed by atoms with Crippen molar-refractivity contribution < 1.29 is 5.11 Å². The number of H-pyrrole nitrogens is 1. The number of hydrogen-bond acceptors (Lipinski definition) is 5. The Morgan fingerprint density at radius 1 is 1.00 bits per heavy atom. The summed E-state index contributed by atoms with van der Waals surface area (Å²) in [5, 5.41) is 16.5. The fourth-order valence-corrected chi connectivity index (χ4v) is 3.43. The Balaban J connectivity index is 1.84. The third-order valence-electron chi connectivity index (χ3n) is 4.49. The molecule has 1 unspecified atom stereocenters. The third kappa shape index (κ3) is 4.73. The normalized spacial score (nSPS) is 12.7. The predicted molar refractivity (Wildman–Crippen MR) is 125 cm³/mol. The van der Waals surface area contributed by atoms with E-state index in [0.717, 1.165) is 0 Å². The summed E-state index contributed by atoms with van der Waals surface area (Å²) < 4.78 is 0. The van der Waals surface area contributed by atoms with Crippen LogP contribution in [0.15, 0.2) is 76.6 Å². The Hall–Kier alpha value is -2.90. The number of hydrazone groups is 1. The zero-order valence-electron chi connectivity index (χ0n) is 15.8. The smallest absolute Gasteiger partial charge is 0.276 e. The summed E-state index contributed by atoms with van der Waals surface area (Å²) in [6.07, 6.45) is -1.30. The fraction of sp³-hybridized carbons (Fsp3) is 0.0455. The van der Waals surface area contributed by atoms with Crippen LogP contribution in [0.25, 0.3) is 11.0 Å². The van der Waals surface area contributed by atoms with E-state index in [4.69, 9.17) is 34.8 Å². The molecule has 0 aliphatic carbocycles. The summed E-state index contributed by atoms with van der Waals surface area (Å²) >= 11 is 18.1. The summed E-state index contributed by atoms with van der Waals surface area (Å²) in [7, 11) is 0. The van der Waals surface area contributed by atoms with E-state index < -0.39 is 11.7 Å². The van der Waals surface area contributed by atoms with Crippen LogP contribution in [-0.2, 0) is 0 Å². The average Bonchev–Trinajstić information content (AvgIpc) is 2.76. The van der Waals surface area contributed by atoms with Crippen molar-refractivity contribution in [3.8, 4) is 0 Å². The second kappa shape index (κ2) is 9.08. The number of fused-ring (bicyclic) bond motifs is 1. The van der Waals surface area contributed by atoms with E-state index in [9.17, 15) is 9.90 Å². The summed E-state index contributed by atoms with van der Waals surface area (Å²) in [5.41, 5.74) is 4.34. The number of aromatic amines is 1. The van der Waals surface area contributed by atoms with Gasteiger partial charge in [-0.15, -0.1) is 0 Å². The van der Waals surface area contributed by atoms with Crippen LogP contribution >= 0.6 is 34.8 Å². The lowest BCUT2D eigenvalue weighted by Crippen LogP contribution is -2.26. The second-order valence-electron chi connectivity index (χ2n) is 6.63. The number of nitrogens with zero attached hydrogens (tertiary/aromatic N) is 2. The first-order valence-electron chi connectivity index (χ1n) is 9.14. The highest BCUT2D eigenvalue weighted by Gasteiger charge is 2.23. The first-order chi connectivity index (χ1) is 14.9. The van der Waals surface area contributed by atoms with Crippen LogP contribution in [-0.4, -0.2) is 20.8 Å². The maximum atomic E-state index is 12.8. The number of nitrogens with one attached hydrogen (secondary N) is 2. The number of aliphatic hydroxyl groups is 1. The molecule has 1 heterocycles. The fourth-order valence-electron chi connectivity index (χ4n) is 2.95. The molecule has 0 radical (unpaired) electrons. The third-order valence-corrected chi connectivity index (χ3v) is 5.47. The van der Waals surface area contributed by atoms with Crippen molar-refractivity contribution in [2.24, 2.45) is 5.10 Å². The van der Waals surface area contributed by atoms with Crippen molar-refractivity contribution in [1.82, 2.24) is 9.97 Å². The minimum absolute atomic E-state index is 0.0142. The van der Waals surface area contributed by atoms with Gasteiger partial charge in [-0.1, -0.05) is 59.1 Å². The Labute approximate surface area is 192 Å². The molecule has 0 bridgehead atoms. The average molecular weight is 474 g/mol. The molecule has 0 spiro atoms. The van der Waals surface area contributed by atoms with Gasteiger partial charge in [-0.25, -0.2) is 4.98 Å². The molecule has 0 aliphatic rings. The van der Waals surface area contributed by atoms with Gasteiger partial charge >= 0.3 is 0 Å². The van der Waals surface area contributed by atoms with E-state index in [0.29, 0.717) is 32.3 Å². The second-order valence-corrected chi connectivity index (χ2v) is 7.88. The van der Waals surface area contributed by atoms with Gasteiger partial charge in [0.15, 0.2) is 5.69 Å². The SMILES string of the molecule is O=c1[nH]c2cc(Cl)ccc2nc1/C(=N\Nc1ccccc1)C(O)c1ccc(Cl)c(Cl)c1. The highest BCUT2D eigenvalue weighted by molar-refractivity contribution is 6.42. The molecule has 1 aromatic heterocycles. The largest absolute Gasteiger partial charge is 0.382 e. The predicted octanol–water partition coefficient (Wildman–Crippen LogP) is 5.43. The molecule has 31 heavy (non-hydrogen) atoms. The molecule has 9 heteroatoms. The van der Waals surface area contributed by atoms with Gasteiger partial charge < -0.3 is 10.1 Å². The van der Waals surface area contributed by atoms with Gasteiger partial charge in [0, 0.05) is 5.02 Å². The molecule has 0 aliphatic heterocycles. The van der Waals surface area contributed by atoms with Crippen molar-refractivity contribution >= 4 is 57.2 Å². The summed E-state index contributed by atoms with van der Waals surface area (Å²) in [6, 6.07) is 18.7. The topological polar surface area (TPSA) is 90.4 Å². The number of halogens is 3. The number of anilines is 1. The van der Waals surface area contributed by atoms with Crippen molar-refractivity contribution in [3.05, 3.63) is 103 Å². The van der Waals surface area contributed by atoms with Gasteiger partial charge in [-0.2, -0.15) is 5.10 Å². The van der Waals surface area contributed by atoms with Crippen molar-refractivity contribution in [2.75, 3.05) is 5.43 Å². The summed E-state index contributed by atoms with van der Waals surface area (Å²) in [4.78, 5) is 20.0. The van der Waals surface area contributed by atoms with Gasteiger partial charge in [0.05, 0.1) is 26.8 Å². The first-order valence-corrected chi connectivity index (χ1v) is 10.3. The molecule has 3 aromatic carbocycles.